The highest BCUT2D eigenvalue weighted by Gasteiger charge is 2.23. The fraction of sp³-hybridized carbons (Fsp3) is 0.854. The summed E-state index contributed by atoms with van der Waals surface area (Å²) in [6.07, 6.45) is 32.0. The lowest BCUT2D eigenvalue weighted by atomic mass is 9.17. The summed E-state index contributed by atoms with van der Waals surface area (Å²) in [4.78, 5) is 1.16. The lowest BCUT2D eigenvalue weighted by Gasteiger charge is -2.40. The molecule has 0 amide bonds. The van der Waals surface area contributed by atoms with Gasteiger partial charge in [-0.2, -0.15) is 25.3 Å². The standard InChI is InChI=1S/C21H35F2N.C20H44B/c1-5-8-14-24(21-13-12-19(22)15-20(21)23)16-17(4)10-11-18(7-3)9-6-2;1-5-9-13-17-21(18-14-10-6-2,19-15-11-7-3)20-16-12-8-4/h12-13,15,17-18H,5-11,14,16H2,1-4H3;5-20H2,1-4H3/q;-1/p+1. The van der Waals surface area contributed by atoms with Gasteiger partial charge in [0, 0.05) is 24.2 Å². The number of halogens is 2. The zero-order valence-electron chi connectivity index (χ0n) is 31.9. The molecule has 0 aromatic heterocycles. The molecule has 0 aliphatic rings. The maximum Gasteiger partial charge on any atom is 0.186 e. The van der Waals surface area contributed by atoms with Crippen LogP contribution in [0.25, 0.3) is 0 Å². The molecule has 0 fully saturated rings. The molecule has 0 aliphatic heterocycles. The summed E-state index contributed by atoms with van der Waals surface area (Å²) in [6, 6.07) is 4.01. The van der Waals surface area contributed by atoms with Crippen molar-refractivity contribution in [2.24, 2.45) is 11.8 Å². The van der Waals surface area contributed by atoms with Crippen LogP contribution in [0, 0.1) is 23.5 Å². The van der Waals surface area contributed by atoms with E-state index in [9.17, 15) is 8.78 Å². The minimum Gasteiger partial charge on any atom is -0.300 e. The van der Waals surface area contributed by atoms with E-state index in [2.05, 4.69) is 55.4 Å². The first-order chi connectivity index (χ1) is 21.8. The maximum absolute atomic E-state index is 14.2. The molecule has 45 heavy (non-hydrogen) atoms. The van der Waals surface area contributed by atoms with Crippen LogP contribution in [-0.4, -0.2) is 19.2 Å². The highest BCUT2D eigenvalue weighted by Crippen LogP contribution is 2.34. The third-order valence-corrected chi connectivity index (χ3v) is 10.8. The molecule has 1 rings (SSSR count). The Morgan fingerprint density at radius 3 is 1.49 bits per heavy atom. The highest BCUT2D eigenvalue weighted by atomic mass is 19.1. The fourth-order valence-electron chi connectivity index (χ4n) is 7.69. The SMILES string of the molecule is CCCCC[B-](CCCCC)(CCCCC)CCCCC.CCCC[NH+](CC(C)CCC(CC)CCC)c1ccc(F)cc1F. The Kier molecular flexibility index (Phi) is 28.7. The first kappa shape index (κ1) is 44.1. The molecule has 1 aromatic rings. The third-order valence-electron chi connectivity index (χ3n) is 10.8. The molecule has 1 nitrogen and oxygen atoms in total. The topological polar surface area (TPSA) is 4.44 Å². The second kappa shape index (κ2) is 29.3. The van der Waals surface area contributed by atoms with Crippen molar-refractivity contribution in [1.29, 1.82) is 0 Å². The van der Waals surface area contributed by atoms with Crippen LogP contribution in [0.2, 0.25) is 25.3 Å². The number of nitrogens with one attached hydrogen (secondary N) is 1. The van der Waals surface area contributed by atoms with Gasteiger partial charge in [0.1, 0.15) is 5.82 Å². The average molecular weight is 636 g/mol. The number of quaternary nitrogens is 1. The third kappa shape index (κ3) is 21.6. The number of benzene rings is 1. The summed E-state index contributed by atoms with van der Waals surface area (Å²) in [5.41, 5.74) is 0.622. The van der Waals surface area contributed by atoms with E-state index in [-0.39, 0.29) is 6.15 Å². The van der Waals surface area contributed by atoms with Gasteiger partial charge in [-0.1, -0.05) is 158 Å². The molecule has 0 saturated carbocycles. The van der Waals surface area contributed by atoms with Gasteiger partial charge in [0.2, 0.25) is 0 Å². The summed E-state index contributed by atoms with van der Waals surface area (Å²) < 4.78 is 27.4. The molecule has 3 unspecified atom stereocenters. The Hall–Kier alpha value is -0.895. The van der Waals surface area contributed by atoms with Crippen LogP contribution < -0.4 is 4.90 Å². The lowest BCUT2D eigenvalue weighted by molar-refractivity contribution is -0.838. The summed E-state index contributed by atoms with van der Waals surface area (Å²) in [7, 11) is 0. The summed E-state index contributed by atoms with van der Waals surface area (Å²) in [6.45, 7) is 20.2. The lowest BCUT2D eigenvalue weighted by Crippen LogP contribution is -3.08. The highest BCUT2D eigenvalue weighted by molar-refractivity contribution is 6.79. The smallest absolute Gasteiger partial charge is 0.186 e. The Bertz CT molecular complexity index is 739. The van der Waals surface area contributed by atoms with Crippen molar-refractivity contribution in [3.05, 3.63) is 29.8 Å². The minimum absolute atomic E-state index is 0.0383. The van der Waals surface area contributed by atoms with Gasteiger partial charge < -0.3 is 0 Å². The Balaban J connectivity index is 0.000000870. The largest absolute Gasteiger partial charge is 0.300 e. The van der Waals surface area contributed by atoms with Crippen LogP contribution in [0.3, 0.4) is 0 Å². The van der Waals surface area contributed by atoms with E-state index >= 15 is 0 Å². The van der Waals surface area contributed by atoms with E-state index in [1.165, 1.54) is 115 Å². The Morgan fingerprint density at radius 1 is 0.600 bits per heavy atom. The molecule has 0 saturated heterocycles. The second-order valence-corrected chi connectivity index (χ2v) is 15.0. The molecule has 0 bridgehead atoms. The van der Waals surface area contributed by atoms with Crippen molar-refractivity contribution < 1.29 is 13.7 Å². The molecule has 0 radical (unpaired) electrons. The average Bonchev–Trinajstić information content (AvgIpc) is 3.02. The van der Waals surface area contributed by atoms with Crippen LogP contribution in [0.15, 0.2) is 18.2 Å². The van der Waals surface area contributed by atoms with E-state index in [1.807, 2.05) is 0 Å². The normalized spacial score (nSPS) is 13.7. The van der Waals surface area contributed by atoms with Crippen LogP contribution >= 0.6 is 0 Å². The van der Waals surface area contributed by atoms with E-state index in [4.69, 9.17) is 0 Å². The van der Waals surface area contributed by atoms with Crippen molar-refractivity contribution in [2.75, 3.05) is 13.1 Å². The monoisotopic (exact) mass is 636 g/mol. The van der Waals surface area contributed by atoms with E-state index in [1.54, 1.807) is 31.3 Å². The number of unbranched alkanes of at least 4 members (excludes halogenated alkanes) is 9. The first-order valence-electron chi connectivity index (χ1n) is 20.3. The van der Waals surface area contributed by atoms with Gasteiger partial charge >= 0.3 is 0 Å². The van der Waals surface area contributed by atoms with E-state index in [0.717, 1.165) is 42.8 Å². The van der Waals surface area contributed by atoms with Crippen molar-refractivity contribution in [1.82, 2.24) is 0 Å². The molecule has 266 valence electrons. The Labute approximate surface area is 282 Å². The summed E-state index contributed by atoms with van der Waals surface area (Å²) >= 11 is 0. The first-order valence-corrected chi connectivity index (χ1v) is 20.3. The van der Waals surface area contributed by atoms with Gasteiger partial charge in [0.05, 0.1) is 13.1 Å². The van der Waals surface area contributed by atoms with E-state index in [0.29, 0.717) is 11.6 Å². The van der Waals surface area contributed by atoms with Gasteiger partial charge in [0.15, 0.2) is 11.5 Å². The maximum atomic E-state index is 14.2. The van der Waals surface area contributed by atoms with Gasteiger partial charge in [-0.25, -0.2) is 8.78 Å². The molecule has 4 heteroatoms. The predicted octanol–water partition coefficient (Wildman–Crippen LogP) is 13.7. The molecule has 1 aromatic carbocycles. The van der Waals surface area contributed by atoms with Gasteiger partial charge in [-0.15, -0.1) is 0 Å². The molecule has 3 atom stereocenters. The number of rotatable bonds is 28. The van der Waals surface area contributed by atoms with Crippen molar-refractivity contribution >= 4 is 11.8 Å². The van der Waals surface area contributed by atoms with Crippen molar-refractivity contribution in [3.8, 4) is 0 Å². The zero-order valence-corrected chi connectivity index (χ0v) is 31.9. The molecule has 1 N–H and O–H groups in total. The van der Waals surface area contributed by atoms with Gasteiger partial charge in [0.25, 0.3) is 0 Å². The minimum atomic E-state index is -0.496. The van der Waals surface area contributed by atoms with Crippen molar-refractivity contribution in [2.45, 2.75) is 203 Å². The van der Waals surface area contributed by atoms with Gasteiger partial charge in [-0.3, -0.25) is 4.90 Å². The molecular weight excluding hydrogens is 555 g/mol. The second-order valence-electron chi connectivity index (χ2n) is 15.0. The molecule has 0 aliphatic carbocycles. The summed E-state index contributed by atoms with van der Waals surface area (Å²) in [5, 5.41) is 0. The van der Waals surface area contributed by atoms with Crippen LogP contribution in [-0.2, 0) is 0 Å². The van der Waals surface area contributed by atoms with Gasteiger partial charge in [-0.05, 0) is 31.2 Å². The predicted molar refractivity (Wildman–Crippen MR) is 202 cm³/mol. The molecular formula is C41H80BF2N. The molecule has 0 spiro atoms. The van der Waals surface area contributed by atoms with E-state index < -0.39 is 11.6 Å². The zero-order chi connectivity index (χ0) is 33.8. The molecule has 0 heterocycles. The Morgan fingerprint density at radius 2 is 1.09 bits per heavy atom. The van der Waals surface area contributed by atoms with Crippen LogP contribution in [0.4, 0.5) is 14.5 Å². The number of hydrogen-bond donors (Lipinski definition) is 1. The van der Waals surface area contributed by atoms with Crippen LogP contribution in [0.5, 0.6) is 0 Å². The summed E-state index contributed by atoms with van der Waals surface area (Å²) in [5.74, 6) is 0.460. The quantitative estimate of drug-likeness (QED) is 0.0690. The number of hydrogen-bond acceptors (Lipinski definition) is 0. The van der Waals surface area contributed by atoms with Crippen LogP contribution in [0.1, 0.15) is 177 Å². The fourth-order valence-corrected chi connectivity index (χ4v) is 7.69. The van der Waals surface area contributed by atoms with Crippen molar-refractivity contribution in [3.63, 3.8) is 0 Å².